The maximum Gasteiger partial charge on any atom is 0.243 e. The minimum atomic E-state index is -3.70. The van der Waals surface area contributed by atoms with E-state index in [0.29, 0.717) is 61.1 Å². The molecule has 0 aliphatic carbocycles. The number of hydrogen-bond acceptors (Lipinski definition) is 5. The zero-order valence-corrected chi connectivity index (χ0v) is 25.8. The van der Waals surface area contributed by atoms with Gasteiger partial charge in [-0.05, 0) is 94.2 Å². The van der Waals surface area contributed by atoms with E-state index in [-0.39, 0.29) is 28.7 Å². The Kier molecular flexibility index (Phi) is 10.7. The molecule has 0 aromatic heterocycles. The van der Waals surface area contributed by atoms with Crippen LogP contribution in [0.1, 0.15) is 39.0 Å². The van der Waals surface area contributed by atoms with E-state index in [1.54, 1.807) is 42.0 Å². The average molecular weight is 628 g/mol. The SMILES string of the molecule is CC(=O)N1CCC(C(=O)N(CCCN2CCC(N(C)S(=O)(=O)c3ccc(F)cc3)CC2)c2ccc(Cl)c(Cl)c2)CC1. The second kappa shape index (κ2) is 13.8. The molecular formula is C29H37Cl2FN4O4S. The number of benzene rings is 2. The zero-order valence-electron chi connectivity index (χ0n) is 23.4. The molecule has 0 saturated carbocycles. The normalized spacial score (nSPS) is 17.7. The van der Waals surface area contributed by atoms with Gasteiger partial charge in [0.1, 0.15) is 5.82 Å². The molecule has 0 N–H and O–H groups in total. The molecule has 8 nitrogen and oxygen atoms in total. The fourth-order valence-electron chi connectivity index (χ4n) is 5.61. The summed E-state index contributed by atoms with van der Waals surface area (Å²) in [5.74, 6) is -0.592. The first-order valence-electron chi connectivity index (χ1n) is 13.9. The molecule has 0 unspecified atom stereocenters. The van der Waals surface area contributed by atoms with Crippen molar-refractivity contribution < 1.29 is 22.4 Å². The highest BCUT2D eigenvalue weighted by Crippen LogP contribution is 2.30. The van der Waals surface area contributed by atoms with Gasteiger partial charge < -0.3 is 14.7 Å². The summed E-state index contributed by atoms with van der Waals surface area (Å²) in [7, 11) is -2.12. The first-order chi connectivity index (χ1) is 19.5. The molecule has 2 amide bonds. The summed E-state index contributed by atoms with van der Waals surface area (Å²) in [5, 5.41) is 0.807. The van der Waals surface area contributed by atoms with Crippen LogP contribution in [0, 0.1) is 11.7 Å². The van der Waals surface area contributed by atoms with Crippen LogP contribution in [0.25, 0.3) is 0 Å². The van der Waals surface area contributed by atoms with Crippen molar-refractivity contribution in [3.8, 4) is 0 Å². The zero-order chi connectivity index (χ0) is 29.7. The predicted octanol–water partition coefficient (Wildman–Crippen LogP) is 4.90. The van der Waals surface area contributed by atoms with Gasteiger partial charge in [0.25, 0.3) is 0 Å². The minimum absolute atomic E-state index is 0.0259. The Balaban J connectivity index is 1.33. The topological polar surface area (TPSA) is 81.2 Å². The summed E-state index contributed by atoms with van der Waals surface area (Å²) >= 11 is 12.4. The van der Waals surface area contributed by atoms with Crippen molar-refractivity contribution in [1.29, 1.82) is 0 Å². The van der Waals surface area contributed by atoms with E-state index in [2.05, 4.69) is 4.90 Å². The van der Waals surface area contributed by atoms with E-state index >= 15 is 0 Å². The molecule has 0 atom stereocenters. The van der Waals surface area contributed by atoms with Crippen molar-refractivity contribution >= 4 is 50.7 Å². The molecule has 2 aromatic rings. The first-order valence-corrected chi connectivity index (χ1v) is 16.1. The third-order valence-corrected chi connectivity index (χ3v) is 10.9. The Morgan fingerprint density at radius 2 is 1.59 bits per heavy atom. The maximum atomic E-state index is 13.7. The minimum Gasteiger partial charge on any atom is -0.343 e. The standard InChI is InChI=1S/C29H37Cl2FN4O4S/c1-21(37)35-18-10-22(11-19-35)29(38)36(25-6-9-27(30)28(31)20-25)15-3-14-34-16-12-24(13-17-34)33(2)41(39,40)26-7-4-23(32)5-8-26/h4-9,20,22,24H,3,10-19H2,1-2H3. The molecule has 2 aromatic carbocycles. The highest BCUT2D eigenvalue weighted by atomic mass is 35.5. The molecule has 0 spiro atoms. The number of sulfonamides is 1. The van der Waals surface area contributed by atoms with Crippen LogP contribution in [0.15, 0.2) is 47.4 Å². The lowest BCUT2D eigenvalue weighted by molar-refractivity contribution is -0.133. The number of hydrogen-bond donors (Lipinski definition) is 0. The van der Waals surface area contributed by atoms with E-state index in [4.69, 9.17) is 23.2 Å². The molecule has 0 bridgehead atoms. The summed E-state index contributed by atoms with van der Waals surface area (Å²) in [6, 6.07) is 9.98. The van der Waals surface area contributed by atoms with Crippen molar-refractivity contribution in [3.05, 3.63) is 58.3 Å². The molecule has 224 valence electrons. The molecule has 41 heavy (non-hydrogen) atoms. The van der Waals surface area contributed by atoms with Gasteiger partial charge in [0.05, 0.1) is 14.9 Å². The van der Waals surface area contributed by atoms with Crippen LogP contribution in [0.2, 0.25) is 10.0 Å². The van der Waals surface area contributed by atoms with E-state index < -0.39 is 15.8 Å². The number of likely N-dealkylation sites (tertiary alicyclic amines) is 2. The monoisotopic (exact) mass is 626 g/mol. The fourth-order valence-corrected chi connectivity index (χ4v) is 7.32. The average Bonchev–Trinajstić information content (AvgIpc) is 2.97. The third kappa shape index (κ3) is 7.78. The van der Waals surface area contributed by atoms with Gasteiger partial charge in [-0.2, -0.15) is 4.31 Å². The predicted molar refractivity (Wildman–Crippen MR) is 159 cm³/mol. The number of nitrogens with zero attached hydrogens (tertiary/aromatic N) is 4. The Bertz CT molecular complexity index is 1330. The van der Waals surface area contributed by atoms with Gasteiger partial charge in [-0.15, -0.1) is 0 Å². The molecule has 2 saturated heterocycles. The van der Waals surface area contributed by atoms with Gasteiger partial charge >= 0.3 is 0 Å². The molecular weight excluding hydrogens is 590 g/mol. The quantitative estimate of drug-likeness (QED) is 0.395. The second-order valence-electron chi connectivity index (χ2n) is 10.8. The molecule has 0 radical (unpaired) electrons. The van der Waals surface area contributed by atoms with Crippen molar-refractivity contribution in [2.45, 2.75) is 50.0 Å². The number of anilines is 1. The van der Waals surface area contributed by atoms with Crippen LogP contribution >= 0.6 is 23.2 Å². The van der Waals surface area contributed by atoms with Crippen molar-refractivity contribution in [3.63, 3.8) is 0 Å². The lowest BCUT2D eigenvalue weighted by atomic mass is 9.94. The van der Waals surface area contributed by atoms with Gasteiger partial charge in [-0.25, -0.2) is 12.8 Å². The maximum absolute atomic E-state index is 13.7. The Hall–Kier alpha value is -2.24. The summed E-state index contributed by atoms with van der Waals surface area (Å²) in [4.78, 5) is 31.3. The van der Waals surface area contributed by atoms with Gasteiger partial charge in [-0.1, -0.05) is 23.2 Å². The number of piperidine rings is 2. The van der Waals surface area contributed by atoms with E-state index in [9.17, 15) is 22.4 Å². The summed E-state index contributed by atoms with van der Waals surface area (Å²) in [6.07, 6.45) is 3.34. The molecule has 2 fully saturated rings. The Morgan fingerprint density at radius 1 is 0.951 bits per heavy atom. The molecule has 12 heteroatoms. The van der Waals surface area contributed by atoms with Crippen LogP contribution in [0.3, 0.4) is 0 Å². The van der Waals surface area contributed by atoms with Crippen LogP contribution in [0.4, 0.5) is 10.1 Å². The highest BCUT2D eigenvalue weighted by molar-refractivity contribution is 7.89. The Morgan fingerprint density at radius 3 is 2.17 bits per heavy atom. The first kappa shape index (κ1) is 31.7. The van der Waals surface area contributed by atoms with Crippen molar-refractivity contribution in [2.24, 2.45) is 5.92 Å². The highest BCUT2D eigenvalue weighted by Gasteiger charge is 2.32. The largest absolute Gasteiger partial charge is 0.343 e. The van der Waals surface area contributed by atoms with Gasteiger partial charge in [0, 0.05) is 51.3 Å². The van der Waals surface area contributed by atoms with Crippen molar-refractivity contribution in [2.75, 3.05) is 51.2 Å². The number of halogens is 3. The molecule has 2 aliphatic rings. The second-order valence-corrected chi connectivity index (χ2v) is 13.6. The number of amides is 2. The molecule has 2 aliphatic heterocycles. The van der Waals surface area contributed by atoms with Gasteiger partial charge in [-0.3, -0.25) is 9.59 Å². The third-order valence-electron chi connectivity index (χ3n) is 8.19. The smallest absolute Gasteiger partial charge is 0.243 e. The van der Waals surface area contributed by atoms with Gasteiger partial charge in [0.2, 0.25) is 21.8 Å². The number of carbonyl (C=O) groups excluding carboxylic acids is 2. The van der Waals surface area contributed by atoms with Crippen LogP contribution in [-0.4, -0.2) is 86.7 Å². The van der Waals surface area contributed by atoms with E-state index in [1.165, 1.54) is 16.4 Å². The summed E-state index contributed by atoms with van der Waals surface area (Å²) in [6.45, 7) is 5.42. The number of carbonyl (C=O) groups is 2. The lowest BCUT2D eigenvalue weighted by Gasteiger charge is -2.37. The van der Waals surface area contributed by atoms with E-state index in [1.807, 2.05) is 0 Å². The lowest BCUT2D eigenvalue weighted by Crippen LogP contribution is -2.46. The Labute approximate surface area is 252 Å². The van der Waals surface area contributed by atoms with Crippen LogP contribution in [-0.2, 0) is 19.6 Å². The molecule has 4 rings (SSSR count). The summed E-state index contributed by atoms with van der Waals surface area (Å²) in [5.41, 5.74) is 0.699. The number of rotatable bonds is 9. The van der Waals surface area contributed by atoms with Crippen LogP contribution in [0.5, 0.6) is 0 Å². The van der Waals surface area contributed by atoms with Crippen LogP contribution < -0.4 is 4.90 Å². The fraction of sp³-hybridized carbons (Fsp3) is 0.517. The van der Waals surface area contributed by atoms with Crippen molar-refractivity contribution in [1.82, 2.24) is 14.1 Å². The molecule has 2 heterocycles. The van der Waals surface area contributed by atoms with E-state index in [0.717, 1.165) is 38.2 Å². The summed E-state index contributed by atoms with van der Waals surface area (Å²) < 4.78 is 40.7. The van der Waals surface area contributed by atoms with Gasteiger partial charge in [0.15, 0.2) is 0 Å².